The maximum Gasteiger partial charge on any atom is 0.320 e. The normalized spacial score (nSPS) is 10.7. The van der Waals surface area contributed by atoms with E-state index in [2.05, 4.69) is 19.9 Å². The van der Waals surface area contributed by atoms with E-state index in [1.807, 2.05) is 6.07 Å². The number of hydrogen-bond acceptors (Lipinski definition) is 10. The zero-order chi connectivity index (χ0) is 22.7. The number of rotatable bonds is 7. The number of carbonyl (C=O) groups excluding carboxylic acids is 1. The first-order valence-corrected chi connectivity index (χ1v) is 10.0. The average Bonchev–Trinajstić information content (AvgIpc) is 3.25. The summed E-state index contributed by atoms with van der Waals surface area (Å²) in [6.07, 6.45) is 1.62. The number of thiazole rings is 1. The number of pyridine rings is 1. The number of carbonyl (C=O) groups is 1. The van der Waals surface area contributed by atoms with E-state index in [1.165, 1.54) is 37.3 Å². The Kier molecular flexibility index (Phi) is 5.85. The lowest BCUT2D eigenvalue weighted by Crippen LogP contribution is -2.31. The second kappa shape index (κ2) is 8.89. The van der Waals surface area contributed by atoms with E-state index in [1.54, 1.807) is 24.4 Å². The van der Waals surface area contributed by atoms with Crippen LogP contribution in [0.1, 0.15) is 16.2 Å². The molecule has 0 bridgehead atoms. The average molecular weight is 452 g/mol. The molecule has 32 heavy (non-hydrogen) atoms. The first kappa shape index (κ1) is 21.1. The van der Waals surface area contributed by atoms with Crippen LogP contribution in [0, 0.1) is 10.1 Å². The number of hydrogen-bond donors (Lipinski definition) is 0. The van der Waals surface area contributed by atoms with Crippen molar-refractivity contribution < 1.29 is 19.2 Å². The van der Waals surface area contributed by atoms with E-state index in [-0.39, 0.29) is 29.8 Å². The van der Waals surface area contributed by atoms with Crippen molar-refractivity contribution in [2.75, 3.05) is 19.1 Å². The predicted octanol–water partition coefficient (Wildman–Crippen LogP) is 3.25. The fraction of sp³-hybridized carbons (Fsp3) is 0.150. The van der Waals surface area contributed by atoms with Crippen molar-refractivity contribution in [3.8, 4) is 11.9 Å². The molecule has 0 radical (unpaired) electrons. The lowest BCUT2D eigenvalue weighted by Gasteiger charge is -2.19. The first-order chi connectivity index (χ1) is 15.5. The molecule has 0 saturated carbocycles. The van der Waals surface area contributed by atoms with Crippen LogP contribution >= 0.6 is 11.3 Å². The van der Waals surface area contributed by atoms with Crippen molar-refractivity contribution in [1.29, 1.82) is 0 Å². The van der Waals surface area contributed by atoms with Crippen molar-refractivity contribution in [2.45, 2.75) is 6.54 Å². The standard InChI is InChI=1S/C20H16N6O5S/c1-30-17-10-15(22-19(24-17)31-2)18(27)25(11-12-5-3-4-8-21-12)20-23-14-7-6-13(26(28)29)9-16(14)32-20/h3-10H,11H2,1-2H3. The summed E-state index contributed by atoms with van der Waals surface area (Å²) in [6, 6.07) is 11.1. The molecule has 1 amide bonds. The van der Waals surface area contributed by atoms with Gasteiger partial charge in [0.2, 0.25) is 5.88 Å². The number of aromatic nitrogens is 4. The lowest BCUT2D eigenvalue weighted by atomic mass is 10.3. The molecular formula is C20H16N6O5S. The van der Waals surface area contributed by atoms with Crippen LogP contribution in [0.15, 0.2) is 48.7 Å². The van der Waals surface area contributed by atoms with Crippen LogP contribution in [0.2, 0.25) is 0 Å². The Hall–Kier alpha value is -4.19. The molecule has 0 atom stereocenters. The molecule has 0 saturated heterocycles. The molecule has 162 valence electrons. The molecule has 4 aromatic rings. The molecule has 0 aliphatic rings. The number of non-ortho nitro benzene ring substituents is 1. The van der Waals surface area contributed by atoms with E-state index in [0.29, 0.717) is 21.0 Å². The van der Waals surface area contributed by atoms with E-state index in [9.17, 15) is 14.9 Å². The monoisotopic (exact) mass is 452 g/mol. The van der Waals surface area contributed by atoms with E-state index in [4.69, 9.17) is 9.47 Å². The van der Waals surface area contributed by atoms with Gasteiger partial charge in [-0.3, -0.25) is 24.8 Å². The highest BCUT2D eigenvalue weighted by molar-refractivity contribution is 7.22. The summed E-state index contributed by atoms with van der Waals surface area (Å²) < 4.78 is 10.8. The van der Waals surface area contributed by atoms with Crippen LogP contribution in [0.5, 0.6) is 11.9 Å². The third-order valence-corrected chi connectivity index (χ3v) is 5.43. The van der Waals surface area contributed by atoms with E-state index < -0.39 is 10.8 Å². The van der Waals surface area contributed by atoms with Gasteiger partial charge in [-0.15, -0.1) is 0 Å². The van der Waals surface area contributed by atoms with Gasteiger partial charge in [0.05, 0.1) is 41.6 Å². The van der Waals surface area contributed by atoms with Crippen molar-refractivity contribution in [2.24, 2.45) is 0 Å². The fourth-order valence-corrected chi connectivity index (χ4v) is 3.85. The molecule has 11 nitrogen and oxygen atoms in total. The minimum absolute atomic E-state index is 0.0228. The number of benzene rings is 1. The van der Waals surface area contributed by atoms with Crippen molar-refractivity contribution in [1.82, 2.24) is 19.9 Å². The minimum Gasteiger partial charge on any atom is -0.481 e. The zero-order valence-electron chi connectivity index (χ0n) is 17.0. The topological polar surface area (TPSA) is 133 Å². The molecule has 0 aliphatic heterocycles. The molecule has 0 spiro atoms. The van der Waals surface area contributed by atoms with Gasteiger partial charge < -0.3 is 9.47 Å². The molecule has 12 heteroatoms. The Bertz CT molecular complexity index is 1270. The molecule has 0 fully saturated rings. The SMILES string of the molecule is COc1cc(C(=O)N(Cc2ccccn2)c2nc3ccc([N+](=O)[O-])cc3s2)nc(OC)n1. The molecule has 3 aromatic heterocycles. The molecule has 0 unspecified atom stereocenters. The summed E-state index contributed by atoms with van der Waals surface area (Å²) in [4.78, 5) is 42.5. The number of anilines is 1. The number of fused-ring (bicyclic) bond motifs is 1. The van der Waals surface area contributed by atoms with Crippen LogP contribution in [0.25, 0.3) is 10.2 Å². The summed E-state index contributed by atoms with van der Waals surface area (Å²) in [5.74, 6) is -0.318. The molecule has 3 heterocycles. The van der Waals surface area contributed by atoms with Gasteiger partial charge in [0.1, 0.15) is 5.69 Å². The third-order valence-electron chi connectivity index (χ3n) is 4.39. The van der Waals surface area contributed by atoms with Crippen LogP contribution in [-0.4, -0.2) is 45.0 Å². The summed E-state index contributed by atoms with van der Waals surface area (Å²) in [6.45, 7) is 0.107. The third kappa shape index (κ3) is 4.30. The predicted molar refractivity (Wildman–Crippen MR) is 116 cm³/mol. The number of nitro groups is 1. The van der Waals surface area contributed by atoms with Gasteiger partial charge in [0.15, 0.2) is 5.13 Å². The highest BCUT2D eigenvalue weighted by Crippen LogP contribution is 2.33. The Balaban J connectivity index is 1.79. The van der Waals surface area contributed by atoms with Gasteiger partial charge in [0.25, 0.3) is 11.6 Å². The Morgan fingerprint density at radius 3 is 2.66 bits per heavy atom. The first-order valence-electron chi connectivity index (χ1n) is 9.22. The van der Waals surface area contributed by atoms with Crippen molar-refractivity contribution in [3.63, 3.8) is 0 Å². The maximum absolute atomic E-state index is 13.5. The summed E-state index contributed by atoms with van der Waals surface area (Å²) >= 11 is 1.15. The molecule has 1 aromatic carbocycles. The second-order valence-corrected chi connectivity index (χ2v) is 7.41. The number of nitrogens with zero attached hydrogens (tertiary/aromatic N) is 6. The number of amides is 1. The fourth-order valence-electron chi connectivity index (χ4n) is 2.86. The van der Waals surface area contributed by atoms with Gasteiger partial charge in [-0.1, -0.05) is 17.4 Å². The summed E-state index contributed by atoms with van der Waals surface area (Å²) in [5, 5.41) is 11.5. The Labute approximate surface area is 185 Å². The highest BCUT2D eigenvalue weighted by atomic mass is 32.1. The van der Waals surface area contributed by atoms with Gasteiger partial charge >= 0.3 is 6.01 Å². The quantitative estimate of drug-likeness (QED) is 0.306. The van der Waals surface area contributed by atoms with Crippen molar-refractivity contribution >= 4 is 38.3 Å². The smallest absolute Gasteiger partial charge is 0.320 e. The molecule has 0 aliphatic carbocycles. The van der Waals surface area contributed by atoms with E-state index in [0.717, 1.165) is 11.3 Å². The summed E-state index contributed by atoms with van der Waals surface area (Å²) in [5.41, 5.74) is 1.14. The largest absolute Gasteiger partial charge is 0.481 e. The van der Waals surface area contributed by atoms with Crippen LogP contribution < -0.4 is 14.4 Å². The van der Waals surface area contributed by atoms with Gasteiger partial charge in [-0.25, -0.2) is 4.98 Å². The number of methoxy groups -OCH3 is 2. The van der Waals surface area contributed by atoms with Gasteiger partial charge in [0, 0.05) is 24.4 Å². The summed E-state index contributed by atoms with van der Waals surface area (Å²) in [7, 11) is 2.80. The Morgan fingerprint density at radius 1 is 1.12 bits per heavy atom. The zero-order valence-corrected chi connectivity index (χ0v) is 17.8. The number of nitro benzene ring substituents is 1. The molecular weight excluding hydrogens is 436 g/mol. The molecule has 0 N–H and O–H groups in total. The minimum atomic E-state index is -0.483. The van der Waals surface area contributed by atoms with Crippen LogP contribution in [-0.2, 0) is 6.54 Å². The van der Waals surface area contributed by atoms with Gasteiger partial charge in [-0.2, -0.15) is 9.97 Å². The second-order valence-electron chi connectivity index (χ2n) is 6.40. The lowest BCUT2D eigenvalue weighted by molar-refractivity contribution is -0.384. The van der Waals surface area contributed by atoms with Crippen LogP contribution in [0.4, 0.5) is 10.8 Å². The van der Waals surface area contributed by atoms with E-state index >= 15 is 0 Å². The Morgan fingerprint density at radius 2 is 1.97 bits per heavy atom. The maximum atomic E-state index is 13.5. The molecule has 4 rings (SSSR count). The van der Waals surface area contributed by atoms with Gasteiger partial charge in [-0.05, 0) is 18.2 Å². The highest BCUT2D eigenvalue weighted by Gasteiger charge is 2.25. The van der Waals surface area contributed by atoms with Crippen LogP contribution in [0.3, 0.4) is 0 Å². The van der Waals surface area contributed by atoms with Crippen molar-refractivity contribution in [3.05, 3.63) is 70.2 Å². The number of ether oxygens (including phenoxy) is 2.